The third-order valence-corrected chi connectivity index (χ3v) is 0.789. The fourth-order valence-corrected chi connectivity index (χ4v) is 0. The van der Waals surface area contributed by atoms with Gasteiger partial charge in [0.2, 0.25) is 0 Å². The summed E-state index contributed by atoms with van der Waals surface area (Å²) in [6.07, 6.45) is 0. The molecule has 0 heterocycles. The second-order valence-electron chi connectivity index (χ2n) is 1.14. The van der Waals surface area contributed by atoms with Crippen molar-refractivity contribution in [2.75, 3.05) is 5.75 Å². The van der Waals surface area contributed by atoms with E-state index in [-0.39, 0.29) is 38.8 Å². The molecule has 3 heteroatoms. The van der Waals surface area contributed by atoms with Crippen molar-refractivity contribution in [2.45, 2.75) is 13.0 Å². The zero-order valence-corrected chi connectivity index (χ0v) is 7.50. The van der Waals surface area contributed by atoms with E-state index in [2.05, 4.69) is 12.6 Å². The molecule has 0 rings (SSSR count). The van der Waals surface area contributed by atoms with Gasteiger partial charge in [0.05, 0.1) is 0 Å². The molecule has 1 atom stereocenters. The fourth-order valence-electron chi connectivity index (χ4n) is 0. The zero-order valence-electron chi connectivity index (χ0n) is 3.85. The maximum Gasteiger partial charge on any atom is 0 e. The van der Waals surface area contributed by atoms with Gasteiger partial charge in [-0.2, -0.15) is 5.75 Å². The Labute approximate surface area is 69.3 Å². The van der Waals surface area contributed by atoms with Crippen molar-refractivity contribution in [3.05, 3.63) is 0 Å². The van der Waals surface area contributed by atoms with Crippen LogP contribution in [0.5, 0.6) is 0 Å². The van der Waals surface area contributed by atoms with E-state index in [0.29, 0.717) is 5.75 Å². The molecule has 0 aliphatic carbocycles. The van der Waals surface area contributed by atoms with E-state index in [9.17, 15) is 0 Å². The van der Waals surface area contributed by atoms with Crippen LogP contribution in [0.2, 0.25) is 0 Å². The van der Waals surface area contributed by atoms with Gasteiger partial charge >= 0.3 is 0 Å². The van der Waals surface area contributed by atoms with Gasteiger partial charge in [0.15, 0.2) is 0 Å². The van der Waals surface area contributed by atoms with Crippen LogP contribution in [0.15, 0.2) is 0 Å². The predicted octanol–water partition coefficient (Wildman–Crippen LogP) is -0.122. The summed E-state index contributed by atoms with van der Waals surface area (Å²) in [6.45, 7) is 1.90. The molecule has 0 aliphatic rings. The number of rotatable bonds is 1. The zero-order chi connectivity index (χ0) is 4.28. The van der Waals surface area contributed by atoms with Gasteiger partial charge in [0.1, 0.15) is 0 Å². The van der Waals surface area contributed by atoms with Crippen molar-refractivity contribution in [3.63, 3.8) is 0 Å². The minimum atomic E-state index is 0. The van der Waals surface area contributed by atoms with Crippen LogP contribution in [0, 0.1) is 0 Å². The second kappa shape index (κ2) is 6.41. The molecule has 1 nitrogen and oxygen atoms in total. The van der Waals surface area contributed by atoms with Crippen LogP contribution in [0.1, 0.15) is 6.92 Å². The molecular formula is C3H8NSY-. The van der Waals surface area contributed by atoms with Crippen molar-refractivity contribution < 1.29 is 32.7 Å². The molecule has 0 amide bonds. The molecule has 0 saturated carbocycles. The van der Waals surface area contributed by atoms with Crippen molar-refractivity contribution in [2.24, 2.45) is 5.73 Å². The van der Waals surface area contributed by atoms with E-state index in [1.807, 2.05) is 6.92 Å². The summed E-state index contributed by atoms with van der Waals surface area (Å²) in [4.78, 5) is 0. The summed E-state index contributed by atoms with van der Waals surface area (Å²) >= 11 is 4.55. The minimum Gasteiger partial charge on any atom is -0.791 e. The molecule has 6 heavy (non-hydrogen) atoms. The molecule has 1 radical (unpaired) electrons. The van der Waals surface area contributed by atoms with Crippen LogP contribution >= 0.6 is 0 Å². The van der Waals surface area contributed by atoms with E-state index >= 15 is 0 Å². The van der Waals surface area contributed by atoms with Crippen molar-refractivity contribution in [1.29, 1.82) is 0 Å². The Morgan fingerprint density at radius 3 is 2.00 bits per heavy atom. The fraction of sp³-hybridized carbons (Fsp3) is 1.00. The first-order chi connectivity index (χ1) is 2.27. The molecule has 0 spiro atoms. The Morgan fingerprint density at radius 1 is 1.83 bits per heavy atom. The largest absolute Gasteiger partial charge is 0.791 e. The third kappa shape index (κ3) is 9.05. The summed E-state index contributed by atoms with van der Waals surface area (Å²) < 4.78 is 0. The molecule has 0 aliphatic heterocycles. The first kappa shape index (κ1) is 10.4. The quantitative estimate of drug-likeness (QED) is 0.568. The average Bonchev–Trinajstić information content (AvgIpc) is 1.38. The van der Waals surface area contributed by atoms with Crippen LogP contribution in [-0.2, 0) is 45.3 Å². The summed E-state index contributed by atoms with van der Waals surface area (Å²) in [5.74, 6) is 0.667. The Bertz CT molecular complexity index is 24.8. The Hall–Kier alpha value is 1.41. The third-order valence-electron chi connectivity index (χ3n) is 0.263. The summed E-state index contributed by atoms with van der Waals surface area (Å²) in [5.41, 5.74) is 5.19. The molecular weight excluding hydrogens is 171 g/mol. The van der Waals surface area contributed by atoms with E-state index in [4.69, 9.17) is 5.73 Å². The Kier molecular flexibility index (Phi) is 11.1. The Morgan fingerprint density at radius 2 is 2.00 bits per heavy atom. The van der Waals surface area contributed by atoms with Crippen LogP contribution in [-0.4, -0.2) is 11.8 Å². The second-order valence-corrected chi connectivity index (χ2v) is 1.48. The van der Waals surface area contributed by atoms with Gasteiger partial charge in [0, 0.05) is 32.7 Å². The molecule has 1 unspecified atom stereocenters. The number of hydrogen-bond acceptors (Lipinski definition) is 2. The van der Waals surface area contributed by atoms with Gasteiger partial charge in [-0.15, -0.1) is 0 Å². The predicted molar refractivity (Wildman–Crippen MR) is 25.9 cm³/mol. The van der Waals surface area contributed by atoms with Crippen molar-refractivity contribution in [1.82, 2.24) is 0 Å². The van der Waals surface area contributed by atoms with Gasteiger partial charge in [-0.3, -0.25) is 0 Å². The molecule has 0 bridgehead atoms. The van der Waals surface area contributed by atoms with Gasteiger partial charge in [0.25, 0.3) is 0 Å². The molecule has 0 aromatic carbocycles. The molecule has 0 aromatic heterocycles. The molecule has 35 valence electrons. The van der Waals surface area contributed by atoms with Crippen LogP contribution in [0.4, 0.5) is 0 Å². The first-order valence-corrected chi connectivity index (χ1v) is 2.18. The van der Waals surface area contributed by atoms with E-state index in [1.54, 1.807) is 0 Å². The van der Waals surface area contributed by atoms with E-state index < -0.39 is 0 Å². The monoisotopic (exact) mass is 179 g/mol. The minimum absolute atomic E-state index is 0. The molecule has 0 aromatic rings. The molecule has 2 N–H and O–H groups in total. The number of nitrogens with two attached hydrogens (primary N) is 1. The van der Waals surface area contributed by atoms with Crippen molar-refractivity contribution in [3.8, 4) is 0 Å². The summed E-state index contributed by atoms with van der Waals surface area (Å²) in [7, 11) is 0. The molecule has 0 fully saturated rings. The van der Waals surface area contributed by atoms with Gasteiger partial charge in [-0.05, 0) is 6.04 Å². The SMILES string of the molecule is CC(N)C[S-].[Y]. The maximum absolute atomic E-state index is 5.19. The average molecular weight is 179 g/mol. The maximum atomic E-state index is 5.19. The number of hydrogen-bond donors (Lipinski definition) is 1. The first-order valence-electron chi connectivity index (χ1n) is 1.61. The van der Waals surface area contributed by atoms with Crippen molar-refractivity contribution >= 4 is 12.6 Å². The van der Waals surface area contributed by atoms with Gasteiger partial charge in [-0.1, -0.05) is 6.92 Å². The van der Waals surface area contributed by atoms with E-state index in [0.717, 1.165) is 0 Å². The Balaban J connectivity index is 0. The normalized spacial score (nSPS) is 12.5. The van der Waals surface area contributed by atoms with Crippen LogP contribution in [0.3, 0.4) is 0 Å². The van der Waals surface area contributed by atoms with Crippen LogP contribution < -0.4 is 5.73 Å². The van der Waals surface area contributed by atoms with Gasteiger partial charge in [-0.25, -0.2) is 0 Å². The van der Waals surface area contributed by atoms with Gasteiger partial charge < -0.3 is 18.4 Å². The topological polar surface area (TPSA) is 26.0 Å². The summed E-state index contributed by atoms with van der Waals surface area (Å²) in [6, 6.07) is 0.199. The molecule has 0 saturated heterocycles. The summed E-state index contributed by atoms with van der Waals surface area (Å²) in [5, 5.41) is 0. The smallest absolute Gasteiger partial charge is 0 e. The standard InChI is InChI=1S/C3H9NS.Y/c1-3(4)2-5;/h3,5H,2,4H2,1H3;/p-1. The van der Waals surface area contributed by atoms with Crippen LogP contribution in [0.25, 0.3) is 0 Å². The van der Waals surface area contributed by atoms with E-state index in [1.165, 1.54) is 0 Å².